The van der Waals surface area contributed by atoms with Crippen LogP contribution < -0.4 is 0 Å². The average Bonchev–Trinajstić information content (AvgIpc) is 2.27. The first kappa shape index (κ1) is 6.87. The highest BCUT2D eigenvalue weighted by molar-refractivity contribution is 7.73. The number of H-pyrrole nitrogens is 1. The third-order valence-corrected chi connectivity index (χ3v) is 2.46. The number of aromatic amines is 1. The fourth-order valence-electron chi connectivity index (χ4n) is 0.845. The van der Waals surface area contributed by atoms with Gasteiger partial charge in [-0.1, -0.05) is 0 Å². The molecule has 0 spiro atoms. The van der Waals surface area contributed by atoms with Crippen LogP contribution in [0.3, 0.4) is 0 Å². The topological polar surface area (TPSA) is 41.6 Å². The van der Waals surface area contributed by atoms with E-state index in [-0.39, 0.29) is 0 Å². The minimum absolute atomic E-state index is 0.750. The lowest BCUT2D eigenvalue weighted by Crippen LogP contribution is -1.84. The zero-order chi connectivity index (χ0) is 7.84. The van der Waals surface area contributed by atoms with Gasteiger partial charge in [-0.15, -0.1) is 11.3 Å². The summed E-state index contributed by atoms with van der Waals surface area (Å²) >= 11 is 6.45. The predicted octanol–water partition coefficient (Wildman–Crippen LogP) is 2.06. The van der Waals surface area contributed by atoms with Gasteiger partial charge in [-0.2, -0.15) is 0 Å². The predicted molar refractivity (Wildman–Crippen MR) is 47.3 cm³/mol. The molecule has 0 radical (unpaired) electrons. The van der Waals surface area contributed by atoms with Crippen molar-refractivity contribution in [3.8, 4) is 0 Å². The molecule has 1 N–H and O–H groups in total. The van der Waals surface area contributed by atoms with Crippen molar-refractivity contribution in [2.24, 2.45) is 0 Å². The van der Waals surface area contributed by atoms with E-state index in [0.717, 1.165) is 20.1 Å². The van der Waals surface area contributed by atoms with Crippen molar-refractivity contribution < 1.29 is 0 Å². The molecule has 2 heterocycles. The van der Waals surface area contributed by atoms with Crippen LogP contribution in [0.1, 0.15) is 5.82 Å². The Labute approximate surface area is 72.1 Å². The fourth-order valence-corrected chi connectivity index (χ4v) is 1.86. The van der Waals surface area contributed by atoms with Crippen molar-refractivity contribution in [1.29, 1.82) is 0 Å². The van der Waals surface area contributed by atoms with Crippen molar-refractivity contribution in [3.63, 3.8) is 0 Å². The van der Waals surface area contributed by atoms with Crippen LogP contribution in [0.4, 0.5) is 0 Å². The molecule has 56 valence electrons. The lowest BCUT2D eigenvalue weighted by atomic mass is 10.6. The van der Waals surface area contributed by atoms with Crippen LogP contribution in [0.2, 0.25) is 0 Å². The minimum Gasteiger partial charge on any atom is -0.321 e. The highest BCUT2D eigenvalue weighted by Gasteiger charge is 1.97. The molecule has 0 fully saturated rings. The summed E-state index contributed by atoms with van der Waals surface area (Å²) in [5, 5.41) is 0. The van der Waals surface area contributed by atoms with Gasteiger partial charge in [-0.3, -0.25) is 0 Å². The average molecular weight is 183 g/mol. The van der Waals surface area contributed by atoms with Gasteiger partial charge < -0.3 is 4.98 Å². The van der Waals surface area contributed by atoms with Crippen molar-refractivity contribution in [3.05, 3.63) is 16.0 Å². The Morgan fingerprint density at radius 3 is 3.27 bits per heavy atom. The van der Waals surface area contributed by atoms with E-state index in [1.807, 2.05) is 6.92 Å². The van der Waals surface area contributed by atoms with Crippen LogP contribution >= 0.6 is 23.6 Å². The lowest BCUT2D eigenvalue weighted by Gasteiger charge is -1.87. The number of thiazole rings is 1. The first-order valence-electron chi connectivity index (χ1n) is 3.08. The number of fused-ring (bicyclic) bond motifs is 1. The Hall–Kier alpha value is -0.810. The standard InChI is InChI=1S/C6H5N3S2/c1-3-7-2-4-5(8-3)9-6(10)11-4/h2H,1H3,(H,7,8,9,10). The maximum atomic E-state index is 4.95. The minimum atomic E-state index is 0.750. The summed E-state index contributed by atoms with van der Waals surface area (Å²) in [5.41, 5.74) is 0.840. The van der Waals surface area contributed by atoms with Crippen LogP contribution in [-0.4, -0.2) is 15.0 Å². The van der Waals surface area contributed by atoms with Gasteiger partial charge in [0.25, 0.3) is 0 Å². The monoisotopic (exact) mass is 183 g/mol. The number of aromatic nitrogens is 3. The number of rotatable bonds is 0. The number of nitrogens with zero attached hydrogens (tertiary/aromatic N) is 2. The van der Waals surface area contributed by atoms with Crippen LogP contribution in [0.25, 0.3) is 10.3 Å². The van der Waals surface area contributed by atoms with Gasteiger partial charge in [-0.05, 0) is 19.1 Å². The molecule has 11 heavy (non-hydrogen) atoms. The Morgan fingerprint density at radius 1 is 1.64 bits per heavy atom. The van der Waals surface area contributed by atoms with Crippen molar-refractivity contribution in [2.75, 3.05) is 0 Å². The summed E-state index contributed by atoms with van der Waals surface area (Å²) in [6.07, 6.45) is 1.79. The van der Waals surface area contributed by atoms with Crippen molar-refractivity contribution in [2.45, 2.75) is 6.92 Å². The van der Waals surface area contributed by atoms with Gasteiger partial charge in [0.2, 0.25) is 0 Å². The van der Waals surface area contributed by atoms with Gasteiger partial charge >= 0.3 is 0 Å². The first-order valence-corrected chi connectivity index (χ1v) is 4.30. The van der Waals surface area contributed by atoms with E-state index in [1.165, 1.54) is 11.3 Å². The third-order valence-electron chi connectivity index (χ3n) is 1.30. The van der Waals surface area contributed by atoms with Crippen LogP contribution in [-0.2, 0) is 0 Å². The Kier molecular flexibility index (Phi) is 1.47. The normalized spacial score (nSPS) is 10.6. The van der Waals surface area contributed by atoms with Crippen LogP contribution in [0.5, 0.6) is 0 Å². The fraction of sp³-hybridized carbons (Fsp3) is 0.167. The van der Waals surface area contributed by atoms with Gasteiger partial charge in [0, 0.05) is 0 Å². The van der Waals surface area contributed by atoms with Crippen LogP contribution in [0.15, 0.2) is 6.20 Å². The molecule has 0 amide bonds. The lowest BCUT2D eigenvalue weighted by molar-refractivity contribution is 1.08. The van der Waals surface area contributed by atoms with Gasteiger partial charge in [0.15, 0.2) is 9.60 Å². The summed E-state index contributed by atoms with van der Waals surface area (Å²) in [6, 6.07) is 0. The molecule has 0 aliphatic heterocycles. The quantitative estimate of drug-likeness (QED) is 0.636. The molecule has 0 saturated carbocycles. The zero-order valence-electron chi connectivity index (χ0n) is 5.79. The number of nitrogens with one attached hydrogen (secondary N) is 1. The largest absolute Gasteiger partial charge is 0.321 e. The van der Waals surface area contributed by atoms with Crippen molar-refractivity contribution in [1.82, 2.24) is 15.0 Å². The van der Waals surface area contributed by atoms with Gasteiger partial charge in [0.1, 0.15) is 5.82 Å². The molecule has 0 aromatic carbocycles. The molecule has 0 unspecified atom stereocenters. The number of hydrogen-bond donors (Lipinski definition) is 1. The second-order valence-corrected chi connectivity index (χ2v) is 3.86. The second kappa shape index (κ2) is 2.35. The third kappa shape index (κ3) is 1.17. The molecule has 0 saturated heterocycles. The second-order valence-electron chi connectivity index (χ2n) is 2.14. The highest BCUT2D eigenvalue weighted by atomic mass is 32.1. The Morgan fingerprint density at radius 2 is 2.45 bits per heavy atom. The Balaban J connectivity index is 2.92. The number of aryl methyl sites for hydroxylation is 1. The maximum absolute atomic E-state index is 4.95. The van der Waals surface area contributed by atoms with Crippen molar-refractivity contribution >= 4 is 33.9 Å². The molecule has 3 nitrogen and oxygen atoms in total. The highest BCUT2D eigenvalue weighted by Crippen LogP contribution is 2.15. The molecule has 0 aliphatic rings. The molecule has 0 aliphatic carbocycles. The molecular formula is C6H5N3S2. The first-order chi connectivity index (χ1) is 5.25. The van der Waals surface area contributed by atoms with E-state index in [4.69, 9.17) is 12.2 Å². The van der Waals surface area contributed by atoms with E-state index >= 15 is 0 Å². The van der Waals surface area contributed by atoms with E-state index in [2.05, 4.69) is 15.0 Å². The van der Waals surface area contributed by atoms with Gasteiger partial charge in [-0.25, -0.2) is 9.97 Å². The Bertz CT molecular complexity index is 442. The van der Waals surface area contributed by atoms with Gasteiger partial charge in [0.05, 0.1) is 10.9 Å². The molecule has 0 atom stereocenters. The molecule has 2 rings (SSSR count). The van der Waals surface area contributed by atoms with E-state index in [9.17, 15) is 0 Å². The molecular weight excluding hydrogens is 178 g/mol. The smallest absolute Gasteiger partial charge is 0.160 e. The molecule has 2 aromatic rings. The van der Waals surface area contributed by atoms with E-state index in [0.29, 0.717) is 0 Å². The molecule has 2 aromatic heterocycles. The number of hydrogen-bond acceptors (Lipinski definition) is 4. The molecule has 5 heteroatoms. The summed E-state index contributed by atoms with van der Waals surface area (Å²) in [6.45, 7) is 1.86. The SMILES string of the molecule is Cc1ncc2sc(=S)[nH]c2n1. The summed E-state index contributed by atoms with van der Waals surface area (Å²) in [5.74, 6) is 0.765. The summed E-state index contributed by atoms with van der Waals surface area (Å²) < 4.78 is 1.76. The maximum Gasteiger partial charge on any atom is 0.160 e. The zero-order valence-corrected chi connectivity index (χ0v) is 7.42. The van der Waals surface area contributed by atoms with E-state index < -0.39 is 0 Å². The van der Waals surface area contributed by atoms with E-state index in [1.54, 1.807) is 6.20 Å². The molecule has 0 bridgehead atoms. The summed E-state index contributed by atoms with van der Waals surface area (Å²) in [7, 11) is 0. The summed E-state index contributed by atoms with van der Waals surface area (Å²) in [4.78, 5) is 11.2. The van der Waals surface area contributed by atoms with Crippen LogP contribution in [0, 0.1) is 10.9 Å².